The second kappa shape index (κ2) is 5.71. The number of carbonyl (C=O) groups excluding carboxylic acids is 1. The average Bonchev–Trinajstić information content (AvgIpc) is 2.93. The first-order valence-corrected chi connectivity index (χ1v) is 7.38. The monoisotopic (exact) mass is 318 g/mol. The van der Waals surface area contributed by atoms with Crippen LogP contribution in [0.5, 0.6) is 5.75 Å². The molecule has 0 spiro atoms. The minimum Gasteiger partial charge on any atom is -0.494 e. The molecule has 0 fully saturated rings. The van der Waals surface area contributed by atoms with Crippen LogP contribution < -0.4 is 10.1 Å². The van der Waals surface area contributed by atoms with Crippen molar-refractivity contribution >= 4 is 44.2 Å². The smallest absolute Gasteiger partial charge is 0.257 e. The van der Waals surface area contributed by atoms with E-state index in [1.165, 1.54) is 11.3 Å². The van der Waals surface area contributed by atoms with Crippen molar-refractivity contribution in [2.45, 2.75) is 0 Å². The predicted octanol–water partition coefficient (Wildman–Crippen LogP) is 4.21. The van der Waals surface area contributed by atoms with Crippen LogP contribution >= 0.6 is 22.9 Å². The molecule has 0 radical (unpaired) electrons. The number of anilines is 1. The van der Waals surface area contributed by atoms with E-state index in [9.17, 15) is 4.79 Å². The van der Waals surface area contributed by atoms with E-state index in [1.54, 1.807) is 31.4 Å². The topological polar surface area (TPSA) is 51.2 Å². The van der Waals surface area contributed by atoms with Crippen molar-refractivity contribution in [3.63, 3.8) is 0 Å². The Morgan fingerprint density at radius 1 is 1.24 bits per heavy atom. The number of nitrogens with one attached hydrogen (secondary N) is 1. The maximum atomic E-state index is 12.1. The number of hydrogen-bond donors (Lipinski definition) is 1. The lowest BCUT2D eigenvalue weighted by molar-refractivity contribution is 0.102. The summed E-state index contributed by atoms with van der Waals surface area (Å²) in [5.74, 6) is 0.426. The van der Waals surface area contributed by atoms with Crippen LogP contribution in [0, 0.1) is 0 Å². The van der Waals surface area contributed by atoms with Crippen LogP contribution in [0.1, 0.15) is 10.4 Å². The number of carbonyl (C=O) groups is 1. The number of methoxy groups -OCH3 is 1. The molecule has 2 aromatic carbocycles. The van der Waals surface area contributed by atoms with Gasteiger partial charge in [0, 0.05) is 5.56 Å². The highest BCUT2D eigenvalue weighted by Crippen LogP contribution is 2.37. The SMILES string of the molecule is COc1ccc(Cl)c2sc(NC(=O)c3ccccc3)nc12. The van der Waals surface area contributed by atoms with E-state index in [0.29, 0.717) is 27.0 Å². The number of nitrogens with zero attached hydrogens (tertiary/aromatic N) is 1. The van der Waals surface area contributed by atoms with E-state index < -0.39 is 0 Å². The quantitative estimate of drug-likeness (QED) is 0.787. The highest BCUT2D eigenvalue weighted by Gasteiger charge is 2.14. The number of hydrogen-bond acceptors (Lipinski definition) is 4. The van der Waals surface area contributed by atoms with Crippen LogP contribution in [-0.2, 0) is 0 Å². The molecule has 1 amide bonds. The summed E-state index contributed by atoms with van der Waals surface area (Å²) >= 11 is 7.48. The fourth-order valence-electron chi connectivity index (χ4n) is 1.93. The summed E-state index contributed by atoms with van der Waals surface area (Å²) in [6, 6.07) is 12.5. The van der Waals surface area contributed by atoms with E-state index in [-0.39, 0.29) is 5.91 Å². The Hall–Kier alpha value is -2.11. The fourth-order valence-corrected chi connectivity index (χ4v) is 3.08. The van der Waals surface area contributed by atoms with Gasteiger partial charge in [0.05, 0.1) is 16.8 Å². The summed E-state index contributed by atoms with van der Waals surface area (Å²) in [4.78, 5) is 16.5. The number of benzene rings is 2. The lowest BCUT2D eigenvalue weighted by Crippen LogP contribution is -2.11. The van der Waals surface area contributed by atoms with Gasteiger partial charge in [-0.1, -0.05) is 41.1 Å². The molecule has 21 heavy (non-hydrogen) atoms. The zero-order valence-electron chi connectivity index (χ0n) is 11.1. The van der Waals surface area contributed by atoms with Crippen LogP contribution in [-0.4, -0.2) is 18.0 Å². The molecule has 4 nitrogen and oxygen atoms in total. The molecule has 0 unspecified atom stereocenters. The zero-order chi connectivity index (χ0) is 14.8. The van der Waals surface area contributed by atoms with Crippen molar-refractivity contribution in [3.8, 4) is 5.75 Å². The van der Waals surface area contributed by atoms with Crippen LogP contribution in [0.2, 0.25) is 5.02 Å². The van der Waals surface area contributed by atoms with Gasteiger partial charge in [-0.15, -0.1) is 0 Å². The molecular formula is C15H11ClN2O2S. The number of thiazole rings is 1. The predicted molar refractivity (Wildman–Crippen MR) is 85.6 cm³/mol. The third-order valence-electron chi connectivity index (χ3n) is 2.93. The number of ether oxygens (including phenoxy) is 1. The van der Waals surface area contributed by atoms with Gasteiger partial charge in [0.15, 0.2) is 5.13 Å². The third-order valence-corrected chi connectivity index (χ3v) is 4.37. The second-order valence-corrected chi connectivity index (χ2v) is 5.67. The first-order chi connectivity index (χ1) is 10.2. The molecule has 0 bridgehead atoms. The Kier molecular flexibility index (Phi) is 3.77. The Bertz CT molecular complexity index is 802. The molecule has 3 aromatic rings. The number of rotatable bonds is 3. The molecule has 0 aliphatic carbocycles. The number of halogens is 1. The van der Waals surface area contributed by atoms with E-state index in [4.69, 9.17) is 16.3 Å². The number of aromatic nitrogens is 1. The zero-order valence-corrected chi connectivity index (χ0v) is 12.7. The maximum absolute atomic E-state index is 12.1. The molecule has 0 saturated heterocycles. The van der Waals surface area contributed by atoms with Crippen molar-refractivity contribution in [2.75, 3.05) is 12.4 Å². The van der Waals surface area contributed by atoms with Gasteiger partial charge in [-0.05, 0) is 24.3 Å². The number of amides is 1. The molecule has 1 heterocycles. The molecule has 0 aliphatic heterocycles. The molecular weight excluding hydrogens is 308 g/mol. The third kappa shape index (κ3) is 2.70. The van der Waals surface area contributed by atoms with E-state index in [2.05, 4.69) is 10.3 Å². The van der Waals surface area contributed by atoms with Gasteiger partial charge in [-0.3, -0.25) is 10.1 Å². The van der Waals surface area contributed by atoms with Gasteiger partial charge in [-0.2, -0.15) is 0 Å². The van der Waals surface area contributed by atoms with E-state index >= 15 is 0 Å². The lowest BCUT2D eigenvalue weighted by Gasteiger charge is -2.00. The Morgan fingerprint density at radius 3 is 2.71 bits per heavy atom. The first-order valence-electron chi connectivity index (χ1n) is 6.18. The second-order valence-electron chi connectivity index (χ2n) is 4.27. The minimum atomic E-state index is -0.204. The Morgan fingerprint density at radius 2 is 2.00 bits per heavy atom. The average molecular weight is 319 g/mol. The van der Waals surface area contributed by atoms with Gasteiger partial charge in [-0.25, -0.2) is 4.98 Å². The summed E-state index contributed by atoms with van der Waals surface area (Å²) in [5.41, 5.74) is 1.23. The summed E-state index contributed by atoms with van der Waals surface area (Å²) < 4.78 is 6.05. The first kappa shape index (κ1) is 13.9. The van der Waals surface area contributed by atoms with Crippen molar-refractivity contribution in [1.29, 1.82) is 0 Å². The van der Waals surface area contributed by atoms with Crippen molar-refractivity contribution in [1.82, 2.24) is 4.98 Å². The van der Waals surface area contributed by atoms with Gasteiger partial charge >= 0.3 is 0 Å². The van der Waals surface area contributed by atoms with Gasteiger partial charge in [0.2, 0.25) is 0 Å². The fraction of sp³-hybridized carbons (Fsp3) is 0.0667. The van der Waals surface area contributed by atoms with Crippen molar-refractivity contribution in [2.24, 2.45) is 0 Å². The molecule has 1 aromatic heterocycles. The van der Waals surface area contributed by atoms with Crippen LogP contribution in [0.15, 0.2) is 42.5 Å². The van der Waals surface area contributed by atoms with Crippen LogP contribution in [0.25, 0.3) is 10.2 Å². The summed E-state index contributed by atoms with van der Waals surface area (Å²) in [6.45, 7) is 0. The van der Waals surface area contributed by atoms with E-state index in [1.807, 2.05) is 18.2 Å². The highest BCUT2D eigenvalue weighted by molar-refractivity contribution is 7.23. The van der Waals surface area contributed by atoms with Crippen molar-refractivity contribution < 1.29 is 9.53 Å². The van der Waals surface area contributed by atoms with Crippen LogP contribution in [0.3, 0.4) is 0 Å². The maximum Gasteiger partial charge on any atom is 0.257 e. The molecule has 6 heteroatoms. The largest absolute Gasteiger partial charge is 0.494 e. The Labute approximate surface area is 130 Å². The molecule has 0 aliphatic rings. The summed E-state index contributed by atoms with van der Waals surface area (Å²) in [5, 5.41) is 3.86. The molecule has 0 atom stereocenters. The van der Waals surface area contributed by atoms with Gasteiger partial charge < -0.3 is 4.74 Å². The molecule has 106 valence electrons. The summed E-state index contributed by atoms with van der Waals surface area (Å²) in [6.07, 6.45) is 0. The minimum absolute atomic E-state index is 0.204. The number of fused-ring (bicyclic) bond motifs is 1. The highest BCUT2D eigenvalue weighted by atomic mass is 35.5. The van der Waals surface area contributed by atoms with Crippen molar-refractivity contribution in [3.05, 3.63) is 53.1 Å². The Balaban J connectivity index is 1.95. The van der Waals surface area contributed by atoms with Gasteiger partial charge in [0.1, 0.15) is 11.3 Å². The van der Waals surface area contributed by atoms with Crippen LogP contribution in [0.4, 0.5) is 5.13 Å². The molecule has 3 rings (SSSR count). The normalized spacial score (nSPS) is 10.6. The van der Waals surface area contributed by atoms with Gasteiger partial charge in [0.25, 0.3) is 5.91 Å². The summed E-state index contributed by atoms with van der Waals surface area (Å²) in [7, 11) is 1.57. The molecule has 0 saturated carbocycles. The standard InChI is InChI=1S/C15H11ClN2O2S/c1-20-11-8-7-10(16)13-12(11)17-15(21-13)18-14(19)9-5-3-2-4-6-9/h2-8H,1H3,(H,17,18,19). The lowest BCUT2D eigenvalue weighted by atomic mass is 10.2. The van der Waals surface area contributed by atoms with E-state index in [0.717, 1.165) is 4.70 Å². The molecule has 1 N–H and O–H groups in total.